The molecule has 5 nitrogen and oxygen atoms in total. The predicted molar refractivity (Wildman–Crippen MR) is 90.8 cm³/mol. The van der Waals surface area contributed by atoms with Gasteiger partial charge < -0.3 is 9.47 Å². The van der Waals surface area contributed by atoms with E-state index in [1.165, 1.54) is 26.4 Å². The van der Waals surface area contributed by atoms with Gasteiger partial charge in [-0.05, 0) is 18.4 Å². The molecule has 0 spiro atoms. The second-order valence-electron chi connectivity index (χ2n) is 6.26. The van der Waals surface area contributed by atoms with E-state index in [1.807, 2.05) is 41.2 Å². The van der Waals surface area contributed by atoms with Crippen LogP contribution < -0.4 is 4.74 Å². The largest absolute Gasteiger partial charge is 0.472 e. The van der Waals surface area contributed by atoms with E-state index in [9.17, 15) is 4.79 Å². The first-order valence-electron chi connectivity index (χ1n) is 8.58. The molecule has 2 aromatic rings. The van der Waals surface area contributed by atoms with Crippen LogP contribution in [0.3, 0.4) is 0 Å². The Hall–Kier alpha value is -2.30. The Morgan fingerprint density at radius 3 is 2.67 bits per heavy atom. The van der Waals surface area contributed by atoms with E-state index in [2.05, 4.69) is 5.10 Å². The van der Waals surface area contributed by atoms with Crippen LogP contribution in [0.25, 0.3) is 0 Å². The van der Waals surface area contributed by atoms with Crippen LogP contribution in [0.2, 0.25) is 0 Å². The minimum absolute atomic E-state index is 0.188. The minimum atomic E-state index is -0.275. The summed E-state index contributed by atoms with van der Waals surface area (Å²) in [5, 5.41) is 4.62. The van der Waals surface area contributed by atoms with Gasteiger partial charge in [0.2, 0.25) is 5.88 Å². The lowest BCUT2D eigenvalue weighted by molar-refractivity contribution is -0.139. The highest BCUT2D eigenvalue weighted by molar-refractivity contribution is 5.73. The zero-order valence-electron chi connectivity index (χ0n) is 14.1. The molecule has 0 aliphatic heterocycles. The molecular weight excluding hydrogens is 304 g/mol. The van der Waals surface area contributed by atoms with Gasteiger partial charge in [-0.1, -0.05) is 49.6 Å². The summed E-state index contributed by atoms with van der Waals surface area (Å²) in [7, 11) is 1.40. The number of rotatable bonds is 6. The highest BCUT2D eigenvalue weighted by Crippen LogP contribution is 2.30. The van der Waals surface area contributed by atoms with E-state index in [4.69, 9.17) is 9.47 Å². The van der Waals surface area contributed by atoms with Crippen molar-refractivity contribution in [3.8, 4) is 5.88 Å². The average Bonchev–Trinajstić information content (AvgIpc) is 3.04. The zero-order valence-corrected chi connectivity index (χ0v) is 14.1. The Morgan fingerprint density at radius 2 is 1.96 bits per heavy atom. The number of nitrogens with zero attached hydrogens (tertiary/aromatic N) is 2. The van der Waals surface area contributed by atoms with Crippen molar-refractivity contribution in [1.82, 2.24) is 9.78 Å². The summed E-state index contributed by atoms with van der Waals surface area (Å²) < 4.78 is 12.7. The molecule has 24 heavy (non-hydrogen) atoms. The average molecular weight is 328 g/mol. The van der Waals surface area contributed by atoms with Crippen molar-refractivity contribution in [3.63, 3.8) is 0 Å². The first kappa shape index (κ1) is 16.6. The topological polar surface area (TPSA) is 53.4 Å². The molecule has 1 heterocycles. The molecule has 0 N–H and O–H groups in total. The molecule has 1 aromatic heterocycles. The first-order chi connectivity index (χ1) is 11.8. The number of methoxy groups -OCH3 is 1. The van der Waals surface area contributed by atoms with Crippen LogP contribution in [0.1, 0.15) is 49.3 Å². The number of benzene rings is 1. The van der Waals surface area contributed by atoms with Gasteiger partial charge in [-0.25, -0.2) is 0 Å². The van der Waals surface area contributed by atoms with E-state index in [1.54, 1.807) is 0 Å². The second-order valence-corrected chi connectivity index (χ2v) is 6.26. The normalized spacial score (nSPS) is 15.2. The van der Waals surface area contributed by atoms with Crippen molar-refractivity contribution in [2.24, 2.45) is 0 Å². The fourth-order valence-corrected chi connectivity index (χ4v) is 3.14. The lowest BCUT2D eigenvalue weighted by Crippen LogP contribution is -2.13. The van der Waals surface area contributed by atoms with Crippen molar-refractivity contribution < 1.29 is 14.3 Å². The van der Waals surface area contributed by atoms with E-state index >= 15 is 0 Å². The number of hydrogen-bond donors (Lipinski definition) is 0. The van der Waals surface area contributed by atoms with E-state index in [0.29, 0.717) is 18.5 Å². The van der Waals surface area contributed by atoms with E-state index in [0.717, 1.165) is 24.0 Å². The van der Waals surface area contributed by atoms with Crippen molar-refractivity contribution >= 4 is 5.97 Å². The fourth-order valence-electron chi connectivity index (χ4n) is 3.14. The lowest BCUT2D eigenvalue weighted by Gasteiger charge is -2.21. The minimum Gasteiger partial charge on any atom is -0.472 e. The van der Waals surface area contributed by atoms with Crippen LogP contribution in [0.5, 0.6) is 5.88 Å². The number of carbonyl (C=O) groups is 1. The maximum Gasteiger partial charge on any atom is 0.310 e. The van der Waals surface area contributed by atoms with Gasteiger partial charge in [-0.2, -0.15) is 0 Å². The molecule has 1 saturated carbocycles. The third-order valence-electron chi connectivity index (χ3n) is 4.50. The summed E-state index contributed by atoms with van der Waals surface area (Å²) in [6.45, 7) is 0.441. The Morgan fingerprint density at radius 1 is 1.21 bits per heavy atom. The van der Waals surface area contributed by atoms with Gasteiger partial charge >= 0.3 is 5.97 Å². The maximum absolute atomic E-state index is 11.7. The second kappa shape index (κ2) is 7.99. The third-order valence-corrected chi connectivity index (χ3v) is 4.50. The quantitative estimate of drug-likeness (QED) is 0.759. The van der Waals surface area contributed by atoms with Gasteiger partial charge in [0.05, 0.1) is 19.6 Å². The van der Waals surface area contributed by atoms with Crippen molar-refractivity contribution in [1.29, 1.82) is 0 Å². The van der Waals surface area contributed by atoms with Crippen LogP contribution in [0, 0.1) is 0 Å². The monoisotopic (exact) mass is 328 g/mol. The molecule has 0 amide bonds. The Kier molecular flexibility index (Phi) is 5.51. The van der Waals surface area contributed by atoms with Crippen molar-refractivity contribution in [2.45, 2.75) is 51.2 Å². The molecule has 0 bridgehead atoms. The van der Waals surface area contributed by atoms with Gasteiger partial charge in [-0.15, -0.1) is 5.10 Å². The number of aromatic nitrogens is 2. The Balaban J connectivity index is 1.76. The lowest BCUT2D eigenvalue weighted by atomic mass is 9.96. The van der Waals surface area contributed by atoms with Crippen LogP contribution in [-0.2, 0) is 22.6 Å². The molecule has 1 aromatic carbocycles. The summed E-state index contributed by atoms with van der Waals surface area (Å²) in [6, 6.07) is 10.4. The molecule has 1 aliphatic carbocycles. The standard InChI is InChI=1S/C19H24N2O3/c1-23-18(22)12-16-13-21(17-10-6-3-7-11-17)20-19(16)24-14-15-8-4-2-5-9-15/h2,4-5,8-9,13,17H,3,6-7,10-12,14H2,1H3. The molecule has 0 radical (unpaired) electrons. The molecular formula is C19H24N2O3. The van der Waals surface area contributed by atoms with Gasteiger partial charge in [0.15, 0.2) is 0 Å². The van der Waals surface area contributed by atoms with Gasteiger partial charge in [0.25, 0.3) is 0 Å². The van der Waals surface area contributed by atoms with Crippen LogP contribution in [-0.4, -0.2) is 22.9 Å². The molecule has 0 unspecified atom stereocenters. The summed E-state index contributed by atoms with van der Waals surface area (Å²) in [6.07, 6.45) is 8.17. The molecule has 5 heteroatoms. The Bertz CT molecular complexity index is 661. The highest BCUT2D eigenvalue weighted by atomic mass is 16.5. The molecule has 128 valence electrons. The van der Waals surface area contributed by atoms with Gasteiger partial charge in [0.1, 0.15) is 6.61 Å². The molecule has 0 atom stereocenters. The van der Waals surface area contributed by atoms with Gasteiger partial charge in [0, 0.05) is 11.8 Å². The van der Waals surface area contributed by atoms with E-state index < -0.39 is 0 Å². The third kappa shape index (κ3) is 4.16. The highest BCUT2D eigenvalue weighted by Gasteiger charge is 2.21. The Labute approximate surface area is 142 Å². The van der Waals surface area contributed by atoms with Crippen molar-refractivity contribution in [2.75, 3.05) is 7.11 Å². The number of ether oxygens (including phenoxy) is 2. The van der Waals surface area contributed by atoms with Crippen LogP contribution in [0.4, 0.5) is 0 Å². The fraction of sp³-hybridized carbons (Fsp3) is 0.474. The van der Waals surface area contributed by atoms with Gasteiger partial charge in [-0.3, -0.25) is 9.48 Å². The first-order valence-corrected chi connectivity index (χ1v) is 8.58. The molecule has 0 saturated heterocycles. The predicted octanol–water partition coefficient (Wildman–Crippen LogP) is 3.68. The number of carbonyl (C=O) groups excluding carboxylic acids is 1. The molecule has 1 aliphatic rings. The zero-order chi connectivity index (χ0) is 16.8. The smallest absolute Gasteiger partial charge is 0.310 e. The number of esters is 1. The van der Waals surface area contributed by atoms with Crippen molar-refractivity contribution in [3.05, 3.63) is 47.7 Å². The summed E-state index contributed by atoms with van der Waals surface area (Å²) in [4.78, 5) is 11.7. The van der Waals surface area contributed by atoms with Crippen LogP contribution >= 0.6 is 0 Å². The summed E-state index contributed by atoms with van der Waals surface area (Å²) >= 11 is 0. The van der Waals surface area contributed by atoms with Crippen LogP contribution in [0.15, 0.2) is 36.5 Å². The molecule has 1 fully saturated rings. The summed E-state index contributed by atoms with van der Waals surface area (Å²) in [5.41, 5.74) is 1.87. The number of hydrogen-bond acceptors (Lipinski definition) is 4. The SMILES string of the molecule is COC(=O)Cc1cn(C2CCCCC2)nc1OCc1ccccc1. The van der Waals surface area contributed by atoms with E-state index in [-0.39, 0.29) is 12.4 Å². The maximum atomic E-state index is 11.7. The molecule has 3 rings (SSSR count). The summed E-state index contributed by atoms with van der Waals surface area (Å²) in [5.74, 6) is 0.262.